The van der Waals surface area contributed by atoms with E-state index in [0.717, 1.165) is 30.4 Å². The molecule has 21 heavy (non-hydrogen) atoms. The van der Waals surface area contributed by atoms with Crippen molar-refractivity contribution in [1.82, 2.24) is 19.3 Å². The van der Waals surface area contributed by atoms with Crippen LogP contribution in [0, 0.1) is 0 Å². The van der Waals surface area contributed by atoms with Crippen LogP contribution in [0.1, 0.15) is 26.2 Å². The topological polar surface area (TPSA) is 57.5 Å². The summed E-state index contributed by atoms with van der Waals surface area (Å²) in [5.41, 5.74) is 0.884. The minimum atomic E-state index is 0.582. The maximum absolute atomic E-state index is 4.65. The second-order valence-corrected chi connectivity index (χ2v) is 5.67. The highest BCUT2D eigenvalue weighted by atomic mass is 15.2. The number of likely N-dealkylation sites (tertiary alicyclic amines) is 1. The predicted octanol–water partition coefficient (Wildman–Crippen LogP) is 2.06. The Balaban J connectivity index is 1.77. The van der Waals surface area contributed by atoms with Crippen molar-refractivity contribution in [1.29, 1.82) is 0 Å². The molecular weight excluding hydrogens is 264 g/mol. The summed E-state index contributed by atoms with van der Waals surface area (Å²) in [6, 6.07) is 0.582. The lowest BCUT2D eigenvalue weighted by molar-refractivity contribution is 0.194. The number of aromatic nitrogens is 3. The lowest BCUT2D eigenvalue weighted by atomic mass is 10.0. The normalized spacial score (nSPS) is 19.8. The van der Waals surface area contributed by atoms with E-state index < -0.39 is 0 Å². The Kier molecular flexibility index (Phi) is 4.24. The summed E-state index contributed by atoms with van der Waals surface area (Å²) in [6.45, 7) is 5.04. The van der Waals surface area contributed by atoms with Gasteiger partial charge in [-0.05, 0) is 33.4 Å². The first-order chi connectivity index (χ1) is 10.3. The van der Waals surface area contributed by atoms with Crippen LogP contribution in [0.5, 0.6) is 0 Å². The van der Waals surface area contributed by atoms with Crippen molar-refractivity contribution in [3.63, 3.8) is 0 Å². The van der Waals surface area contributed by atoms with Gasteiger partial charge in [0, 0.05) is 31.5 Å². The number of hydrogen-bond donors (Lipinski definition) is 2. The average molecular weight is 288 g/mol. The molecule has 0 saturated carbocycles. The minimum absolute atomic E-state index is 0.582. The molecule has 1 aliphatic rings. The molecule has 0 aromatic carbocycles. The fourth-order valence-corrected chi connectivity index (χ4v) is 2.93. The molecule has 2 aromatic rings. The zero-order chi connectivity index (χ0) is 14.7. The molecule has 114 valence electrons. The van der Waals surface area contributed by atoms with Crippen LogP contribution < -0.4 is 10.6 Å². The summed E-state index contributed by atoms with van der Waals surface area (Å²) >= 11 is 0. The number of anilines is 2. The Morgan fingerprint density at radius 3 is 3.05 bits per heavy atom. The van der Waals surface area contributed by atoms with Crippen LogP contribution in [-0.2, 0) is 0 Å². The molecule has 0 amide bonds. The molecule has 1 fully saturated rings. The van der Waals surface area contributed by atoms with Gasteiger partial charge < -0.3 is 19.9 Å². The second kappa shape index (κ2) is 6.30. The maximum atomic E-state index is 4.65. The molecule has 1 unspecified atom stereocenters. The summed E-state index contributed by atoms with van der Waals surface area (Å²) in [7, 11) is 2.21. The summed E-state index contributed by atoms with van der Waals surface area (Å²) in [5, 5.41) is 6.76. The molecule has 6 heteroatoms. The quantitative estimate of drug-likeness (QED) is 0.882. The molecule has 2 aromatic heterocycles. The number of imidazole rings is 1. The van der Waals surface area contributed by atoms with E-state index >= 15 is 0 Å². The molecular formula is C15H24N6. The highest BCUT2D eigenvalue weighted by Gasteiger charge is 2.19. The van der Waals surface area contributed by atoms with Crippen molar-refractivity contribution in [3.8, 4) is 0 Å². The van der Waals surface area contributed by atoms with Gasteiger partial charge in [-0.1, -0.05) is 6.42 Å². The maximum Gasteiger partial charge on any atom is 0.180 e. The number of piperidine rings is 1. The lowest BCUT2D eigenvalue weighted by Crippen LogP contribution is -2.40. The average Bonchev–Trinajstić information content (AvgIpc) is 2.95. The van der Waals surface area contributed by atoms with Gasteiger partial charge in [0.2, 0.25) is 0 Å². The Hall–Kier alpha value is -1.82. The van der Waals surface area contributed by atoms with Gasteiger partial charge in [-0.3, -0.25) is 0 Å². The van der Waals surface area contributed by atoms with Gasteiger partial charge in [0.15, 0.2) is 11.5 Å². The standard InChI is InChI=1S/C15H24N6/c1-3-16-13-11-21-9-7-17-15(21)14(19-13)18-10-12-6-4-5-8-20(12)2/h7,9,11-12,16H,3-6,8,10H2,1-2H3,(H,18,19). The third kappa shape index (κ3) is 3.10. The van der Waals surface area contributed by atoms with Crippen molar-refractivity contribution < 1.29 is 0 Å². The number of likely N-dealkylation sites (N-methyl/N-ethyl adjacent to an activating group) is 1. The number of rotatable bonds is 5. The number of nitrogens with zero attached hydrogens (tertiary/aromatic N) is 4. The molecule has 1 saturated heterocycles. The van der Waals surface area contributed by atoms with E-state index in [9.17, 15) is 0 Å². The molecule has 1 aliphatic heterocycles. The van der Waals surface area contributed by atoms with Gasteiger partial charge in [0.05, 0.1) is 6.20 Å². The zero-order valence-electron chi connectivity index (χ0n) is 12.8. The van der Waals surface area contributed by atoms with Crippen molar-refractivity contribution in [3.05, 3.63) is 18.6 Å². The lowest BCUT2D eigenvalue weighted by Gasteiger charge is -2.32. The van der Waals surface area contributed by atoms with Crippen molar-refractivity contribution in [2.75, 3.05) is 37.3 Å². The molecule has 2 N–H and O–H groups in total. The van der Waals surface area contributed by atoms with Gasteiger partial charge in [0.25, 0.3) is 0 Å². The van der Waals surface area contributed by atoms with Crippen LogP contribution in [0.15, 0.2) is 18.6 Å². The molecule has 3 heterocycles. The van der Waals surface area contributed by atoms with Crippen LogP contribution in [0.4, 0.5) is 11.6 Å². The molecule has 1 atom stereocenters. The molecule has 0 radical (unpaired) electrons. The highest BCUT2D eigenvalue weighted by Crippen LogP contribution is 2.19. The van der Waals surface area contributed by atoms with Gasteiger partial charge in [-0.2, -0.15) is 0 Å². The smallest absolute Gasteiger partial charge is 0.180 e. The highest BCUT2D eigenvalue weighted by molar-refractivity contribution is 5.65. The molecule has 0 spiro atoms. The predicted molar refractivity (Wildman–Crippen MR) is 85.9 cm³/mol. The van der Waals surface area contributed by atoms with Crippen LogP contribution in [-0.4, -0.2) is 52.0 Å². The van der Waals surface area contributed by atoms with E-state index in [-0.39, 0.29) is 0 Å². The van der Waals surface area contributed by atoms with E-state index in [1.165, 1.54) is 25.8 Å². The van der Waals surface area contributed by atoms with Gasteiger partial charge in [-0.25, -0.2) is 9.97 Å². The number of nitrogens with one attached hydrogen (secondary N) is 2. The Labute approximate surface area is 125 Å². The monoisotopic (exact) mass is 288 g/mol. The third-order valence-corrected chi connectivity index (χ3v) is 4.16. The van der Waals surface area contributed by atoms with E-state index in [1.54, 1.807) is 0 Å². The van der Waals surface area contributed by atoms with E-state index in [1.807, 2.05) is 23.0 Å². The van der Waals surface area contributed by atoms with E-state index in [0.29, 0.717) is 6.04 Å². The summed E-state index contributed by atoms with van der Waals surface area (Å²) in [5.74, 6) is 1.74. The third-order valence-electron chi connectivity index (χ3n) is 4.16. The SMILES string of the molecule is CCNc1cn2ccnc2c(NCC2CCCCN2C)n1. The fourth-order valence-electron chi connectivity index (χ4n) is 2.93. The number of fused-ring (bicyclic) bond motifs is 1. The van der Waals surface area contributed by atoms with E-state index in [2.05, 4.69) is 39.5 Å². The fraction of sp³-hybridized carbons (Fsp3) is 0.600. The van der Waals surface area contributed by atoms with Crippen molar-refractivity contribution in [2.45, 2.75) is 32.2 Å². The first-order valence-corrected chi connectivity index (χ1v) is 7.79. The second-order valence-electron chi connectivity index (χ2n) is 5.67. The minimum Gasteiger partial charge on any atom is -0.369 e. The largest absolute Gasteiger partial charge is 0.369 e. The van der Waals surface area contributed by atoms with Gasteiger partial charge in [0.1, 0.15) is 5.82 Å². The first kappa shape index (κ1) is 14.1. The Bertz CT molecular complexity index is 593. The molecule has 6 nitrogen and oxygen atoms in total. The van der Waals surface area contributed by atoms with E-state index in [4.69, 9.17) is 0 Å². The van der Waals surface area contributed by atoms with Crippen LogP contribution in [0.25, 0.3) is 5.65 Å². The van der Waals surface area contributed by atoms with Gasteiger partial charge in [-0.15, -0.1) is 0 Å². The molecule has 0 bridgehead atoms. The van der Waals surface area contributed by atoms with Crippen LogP contribution in [0.3, 0.4) is 0 Å². The van der Waals surface area contributed by atoms with Gasteiger partial charge >= 0.3 is 0 Å². The van der Waals surface area contributed by atoms with Crippen molar-refractivity contribution >= 4 is 17.3 Å². The Morgan fingerprint density at radius 1 is 1.33 bits per heavy atom. The molecule has 0 aliphatic carbocycles. The van der Waals surface area contributed by atoms with Crippen LogP contribution in [0.2, 0.25) is 0 Å². The zero-order valence-corrected chi connectivity index (χ0v) is 12.8. The first-order valence-electron chi connectivity index (χ1n) is 7.79. The summed E-state index contributed by atoms with van der Waals surface area (Å²) in [6.07, 6.45) is 9.62. The molecule has 3 rings (SSSR count). The summed E-state index contributed by atoms with van der Waals surface area (Å²) < 4.78 is 2.01. The van der Waals surface area contributed by atoms with Crippen LogP contribution >= 0.6 is 0 Å². The Morgan fingerprint density at radius 2 is 2.24 bits per heavy atom. The number of hydrogen-bond acceptors (Lipinski definition) is 5. The van der Waals surface area contributed by atoms with Crippen molar-refractivity contribution in [2.24, 2.45) is 0 Å². The summed E-state index contributed by atoms with van der Waals surface area (Å²) in [4.78, 5) is 11.5.